The molecule has 0 aliphatic heterocycles. The van der Waals surface area contributed by atoms with E-state index in [1.54, 1.807) is 12.4 Å². The minimum atomic E-state index is -3.21. The summed E-state index contributed by atoms with van der Waals surface area (Å²) in [5, 5.41) is 9.57. The molecule has 0 spiro atoms. The summed E-state index contributed by atoms with van der Waals surface area (Å²) in [6.45, 7) is 4.31. The molecule has 0 aliphatic carbocycles. The quantitative estimate of drug-likeness (QED) is 0.412. The molecule has 0 amide bonds. The fourth-order valence-electron chi connectivity index (χ4n) is 2.96. The van der Waals surface area contributed by atoms with Gasteiger partial charge in [-0.25, -0.2) is 13.1 Å². The van der Waals surface area contributed by atoms with Crippen LogP contribution in [-0.2, 0) is 10.0 Å². The Labute approximate surface area is 176 Å². The minimum Gasteiger partial charge on any atom is -0.270 e. The first kappa shape index (κ1) is 21.5. The maximum Gasteiger partial charge on any atom is 0.211 e. The maximum absolute atomic E-state index is 11.6. The second-order valence-corrected chi connectivity index (χ2v) is 9.93. The average Bonchev–Trinajstić information content (AvgIpc) is 3.15. The Bertz CT molecular complexity index is 1050. The number of thioether (sulfide) groups is 1. The molecule has 0 unspecified atom stereocenters. The van der Waals surface area contributed by atoms with Gasteiger partial charge in [-0.05, 0) is 43.1 Å². The van der Waals surface area contributed by atoms with Crippen molar-refractivity contribution < 1.29 is 8.42 Å². The highest BCUT2D eigenvalue weighted by molar-refractivity contribution is 7.99. The molecule has 0 saturated carbocycles. The van der Waals surface area contributed by atoms with E-state index in [2.05, 4.69) is 45.9 Å². The highest BCUT2D eigenvalue weighted by Crippen LogP contribution is 2.32. The van der Waals surface area contributed by atoms with Gasteiger partial charge in [0, 0.05) is 23.7 Å². The highest BCUT2D eigenvalue weighted by Gasteiger charge is 2.19. The Morgan fingerprint density at radius 1 is 1.14 bits per heavy atom. The number of hydrogen-bond acceptors (Lipinski definition) is 6. The molecule has 0 radical (unpaired) electrons. The summed E-state index contributed by atoms with van der Waals surface area (Å²) in [6, 6.07) is 12.0. The normalized spacial score (nSPS) is 11.9. The number of hydrogen-bond donors (Lipinski definition) is 1. The Balaban J connectivity index is 1.97. The summed E-state index contributed by atoms with van der Waals surface area (Å²) in [5.74, 6) is 1.75. The summed E-state index contributed by atoms with van der Waals surface area (Å²) in [5.41, 5.74) is 3.09. The molecule has 7 nitrogen and oxygen atoms in total. The van der Waals surface area contributed by atoms with Crippen LogP contribution in [0.5, 0.6) is 0 Å². The van der Waals surface area contributed by atoms with E-state index in [9.17, 15) is 8.42 Å². The van der Waals surface area contributed by atoms with Gasteiger partial charge in [-0.2, -0.15) is 0 Å². The van der Waals surface area contributed by atoms with Crippen molar-refractivity contribution in [3.63, 3.8) is 0 Å². The summed E-state index contributed by atoms with van der Waals surface area (Å²) in [4.78, 5) is 4.21. The van der Waals surface area contributed by atoms with Gasteiger partial charge in [0.25, 0.3) is 0 Å². The predicted octanol–water partition coefficient (Wildman–Crippen LogP) is 3.48. The predicted molar refractivity (Wildman–Crippen MR) is 117 cm³/mol. The number of benzene rings is 1. The number of nitrogens with zero attached hydrogens (tertiary/aromatic N) is 4. The fraction of sp³-hybridized carbons (Fsp3) is 0.350. The number of aromatic nitrogens is 4. The van der Waals surface area contributed by atoms with Gasteiger partial charge in [0.1, 0.15) is 0 Å². The van der Waals surface area contributed by atoms with E-state index in [-0.39, 0.29) is 5.75 Å². The Kier molecular flexibility index (Phi) is 7.05. The van der Waals surface area contributed by atoms with E-state index in [0.717, 1.165) is 22.2 Å². The number of para-hydroxylation sites is 1. The van der Waals surface area contributed by atoms with Crippen molar-refractivity contribution in [1.29, 1.82) is 0 Å². The van der Waals surface area contributed by atoms with Gasteiger partial charge in [0.2, 0.25) is 10.0 Å². The molecule has 154 valence electrons. The molecule has 29 heavy (non-hydrogen) atoms. The van der Waals surface area contributed by atoms with Gasteiger partial charge >= 0.3 is 0 Å². The Hall–Kier alpha value is -2.23. The lowest BCUT2D eigenvalue weighted by Gasteiger charge is -2.16. The van der Waals surface area contributed by atoms with Gasteiger partial charge in [0.05, 0.1) is 11.4 Å². The van der Waals surface area contributed by atoms with Crippen molar-refractivity contribution in [3.8, 4) is 17.1 Å². The first-order valence-electron chi connectivity index (χ1n) is 9.42. The Morgan fingerprint density at radius 2 is 1.93 bits per heavy atom. The van der Waals surface area contributed by atoms with E-state index in [1.165, 1.54) is 24.4 Å². The van der Waals surface area contributed by atoms with E-state index < -0.39 is 10.0 Å². The number of sulfonamides is 1. The molecule has 1 N–H and O–H groups in total. The second kappa shape index (κ2) is 9.51. The van der Waals surface area contributed by atoms with Crippen molar-refractivity contribution in [3.05, 3.63) is 54.4 Å². The lowest BCUT2D eigenvalue weighted by atomic mass is 10.0. The van der Waals surface area contributed by atoms with Crippen LogP contribution in [-0.4, -0.2) is 46.7 Å². The van der Waals surface area contributed by atoms with Crippen LogP contribution >= 0.6 is 11.8 Å². The van der Waals surface area contributed by atoms with E-state index in [4.69, 9.17) is 0 Å². The van der Waals surface area contributed by atoms with Crippen LogP contribution in [0.1, 0.15) is 31.7 Å². The van der Waals surface area contributed by atoms with Crippen LogP contribution in [0.2, 0.25) is 0 Å². The maximum atomic E-state index is 11.6. The lowest BCUT2D eigenvalue weighted by Crippen LogP contribution is -2.22. The van der Waals surface area contributed by atoms with Gasteiger partial charge in [-0.3, -0.25) is 9.55 Å². The molecule has 9 heteroatoms. The van der Waals surface area contributed by atoms with Gasteiger partial charge in [-0.15, -0.1) is 10.2 Å². The summed E-state index contributed by atoms with van der Waals surface area (Å²) < 4.78 is 27.7. The standard InChI is InChI=1S/C20H25N5O2S2/c1-15(2)17-9-4-5-10-18(17)25-19(16-8-6-11-22-14-16)23-24-20(25)28-12-7-13-29(26,27)21-3/h4-6,8-11,14-15,21H,7,12-13H2,1-3H3. The molecule has 0 atom stereocenters. The third-order valence-corrected chi connectivity index (χ3v) is 6.92. The van der Waals surface area contributed by atoms with Crippen LogP contribution in [0.25, 0.3) is 17.1 Å². The molecule has 3 rings (SSSR count). The number of pyridine rings is 1. The molecular weight excluding hydrogens is 406 g/mol. The van der Waals surface area contributed by atoms with Gasteiger partial charge < -0.3 is 0 Å². The van der Waals surface area contributed by atoms with E-state index >= 15 is 0 Å². The molecule has 2 aromatic heterocycles. The van der Waals surface area contributed by atoms with Crippen LogP contribution in [0.4, 0.5) is 0 Å². The van der Waals surface area contributed by atoms with Crippen molar-refractivity contribution in [2.45, 2.75) is 31.3 Å². The summed E-state index contributed by atoms with van der Waals surface area (Å²) >= 11 is 1.51. The van der Waals surface area contributed by atoms with Crippen molar-refractivity contribution in [2.24, 2.45) is 0 Å². The molecule has 1 aromatic carbocycles. The van der Waals surface area contributed by atoms with Crippen LogP contribution in [0, 0.1) is 0 Å². The molecular formula is C20H25N5O2S2. The Morgan fingerprint density at radius 3 is 2.62 bits per heavy atom. The third kappa shape index (κ3) is 5.23. The van der Waals surface area contributed by atoms with Crippen LogP contribution < -0.4 is 4.72 Å². The molecule has 2 heterocycles. The lowest BCUT2D eigenvalue weighted by molar-refractivity contribution is 0.587. The monoisotopic (exact) mass is 431 g/mol. The largest absolute Gasteiger partial charge is 0.270 e. The molecule has 0 aliphatic rings. The van der Waals surface area contributed by atoms with E-state index in [0.29, 0.717) is 18.1 Å². The fourth-order valence-corrected chi connectivity index (χ4v) is 4.75. The SMILES string of the molecule is CNS(=O)(=O)CCCSc1nnc(-c2cccnc2)n1-c1ccccc1C(C)C. The summed E-state index contributed by atoms with van der Waals surface area (Å²) in [7, 11) is -1.77. The molecule has 0 fully saturated rings. The van der Waals surface area contributed by atoms with Gasteiger partial charge in [0.15, 0.2) is 11.0 Å². The smallest absolute Gasteiger partial charge is 0.211 e. The van der Waals surface area contributed by atoms with E-state index in [1.807, 2.05) is 28.8 Å². The molecule has 0 saturated heterocycles. The zero-order chi connectivity index (χ0) is 20.9. The topological polar surface area (TPSA) is 89.8 Å². The van der Waals surface area contributed by atoms with Crippen molar-refractivity contribution in [1.82, 2.24) is 24.5 Å². The summed E-state index contributed by atoms with van der Waals surface area (Å²) in [6.07, 6.45) is 4.02. The first-order chi connectivity index (χ1) is 13.9. The van der Waals surface area contributed by atoms with Crippen molar-refractivity contribution >= 4 is 21.8 Å². The third-order valence-electron chi connectivity index (χ3n) is 4.45. The molecule has 0 bridgehead atoms. The average molecular weight is 432 g/mol. The molecule has 3 aromatic rings. The minimum absolute atomic E-state index is 0.0860. The number of rotatable bonds is 9. The van der Waals surface area contributed by atoms with Crippen molar-refractivity contribution in [2.75, 3.05) is 18.6 Å². The van der Waals surface area contributed by atoms with Crippen LogP contribution in [0.15, 0.2) is 53.9 Å². The van der Waals surface area contributed by atoms with Gasteiger partial charge in [-0.1, -0.05) is 43.8 Å². The zero-order valence-electron chi connectivity index (χ0n) is 16.7. The second-order valence-electron chi connectivity index (χ2n) is 6.82. The zero-order valence-corrected chi connectivity index (χ0v) is 18.4. The highest BCUT2D eigenvalue weighted by atomic mass is 32.2. The number of nitrogens with one attached hydrogen (secondary N) is 1. The first-order valence-corrected chi connectivity index (χ1v) is 12.1. The van der Waals surface area contributed by atoms with Crippen LogP contribution in [0.3, 0.4) is 0 Å².